The van der Waals surface area contributed by atoms with E-state index in [1.807, 2.05) is 24.3 Å². The molecule has 0 unspecified atom stereocenters. The second-order valence-electron chi connectivity index (χ2n) is 8.69. The molecular formula is C25H25ClN2O4. The van der Waals surface area contributed by atoms with Gasteiger partial charge in [0.2, 0.25) is 11.8 Å². The van der Waals surface area contributed by atoms with Gasteiger partial charge >= 0.3 is 0 Å². The van der Waals surface area contributed by atoms with Crippen molar-refractivity contribution in [3.63, 3.8) is 0 Å². The minimum Gasteiger partial charge on any atom is -0.482 e. The number of hydrogen-bond donors (Lipinski definition) is 0. The highest BCUT2D eigenvalue weighted by Crippen LogP contribution is 2.43. The third-order valence-corrected chi connectivity index (χ3v) is 7.00. The summed E-state index contributed by atoms with van der Waals surface area (Å²) >= 11 is 6.20. The zero-order valence-electron chi connectivity index (χ0n) is 17.8. The van der Waals surface area contributed by atoms with E-state index in [1.165, 1.54) is 4.90 Å². The zero-order chi connectivity index (χ0) is 22.2. The summed E-state index contributed by atoms with van der Waals surface area (Å²) in [5.74, 6) is -0.769. The summed E-state index contributed by atoms with van der Waals surface area (Å²) in [5, 5.41) is 0.402. The summed E-state index contributed by atoms with van der Waals surface area (Å²) < 4.78 is 5.89. The number of nitrogens with zero attached hydrogens (tertiary/aromatic N) is 2. The van der Waals surface area contributed by atoms with Crippen LogP contribution in [0.2, 0.25) is 5.02 Å². The van der Waals surface area contributed by atoms with Crippen molar-refractivity contribution in [2.45, 2.75) is 38.5 Å². The van der Waals surface area contributed by atoms with Gasteiger partial charge in [0.25, 0.3) is 5.91 Å². The summed E-state index contributed by atoms with van der Waals surface area (Å²) in [6, 6.07) is 12.7. The highest BCUT2D eigenvalue weighted by molar-refractivity contribution is 6.31. The Bertz CT molecular complexity index is 1060. The van der Waals surface area contributed by atoms with Crippen LogP contribution in [-0.2, 0) is 20.8 Å². The van der Waals surface area contributed by atoms with E-state index in [0.29, 0.717) is 23.0 Å². The van der Waals surface area contributed by atoms with Crippen LogP contribution in [0.25, 0.3) is 0 Å². The van der Waals surface area contributed by atoms with Gasteiger partial charge in [0.15, 0.2) is 6.61 Å². The molecule has 32 heavy (non-hydrogen) atoms. The largest absolute Gasteiger partial charge is 0.482 e. The first-order valence-corrected chi connectivity index (χ1v) is 11.6. The molecule has 0 N–H and O–H groups in total. The van der Waals surface area contributed by atoms with Crippen molar-refractivity contribution < 1.29 is 19.1 Å². The number of ether oxygens (including phenoxy) is 1. The van der Waals surface area contributed by atoms with Crippen molar-refractivity contribution in [1.29, 1.82) is 0 Å². The Labute approximate surface area is 192 Å². The number of halogens is 1. The Balaban J connectivity index is 1.37. The molecule has 1 saturated carbocycles. The molecule has 3 aliphatic rings. The average molecular weight is 453 g/mol. The number of imide groups is 1. The molecule has 2 fully saturated rings. The first-order valence-electron chi connectivity index (χ1n) is 11.2. The van der Waals surface area contributed by atoms with E-state index in [9.17, 15) is 14.4 Å². The van der Waals surface area contributed by atoms with Gasteiger partial charge in [-0.1, -0.05) is 42.6 Å². The topological polar surface area (TPSA) is 66.9 Å². The Morgan fingerprint density at radius 1 is 0.969 bits per heavy atom. The fraction of sp³-hybridized carbons (Fsp3) is 0.400. The minimum atomic E-state index is -0.269. The standard InChI is InChI=1S/C25H25ClN2O4/c26-17-11-12-22(21(14-17)28-24(30)18-8-2-3-9-19(18)25(28)31)32-15-23(29)27-13-5-7-16-6-1-4-10-20(16)27/h1,4,6,10-12,14,18-19H,2-3,5,7-9,13,15H2/t18-,19-/m0/s1. The van der Waals surface area contributed by atoms with Crippen molar-refractivity contribution in [3.8, 4) is 5.75 Å². The van der Waals surface area contributed by atoms with E-state index in [-0.39, 0.29) is 36.2 Å². The maximum atomic E-state index is 13.1. The Kier molecular flexibility index (Phi) is 5.64. The average Bonchev–Trinajstić information content (AvgIpc) is 3.07. The number of para-hydroxylation sites is 1. The first kappa shape index (κ1) is 21.0. The van der Waals surface area contributed by atoms with Crippen molar-refractivity contribution >= 4 is 40.7 Å². The van der Waals surface area contributed by atoms with Crippen LogP contribution in [0.5, 0.6) is 5.75 Å². The number of carbonyl (C=O) groups is 3. The number of carbonyl (C=O) groups excluding carboxylic acids is 3. The molecule has 0 bridgehead atoms. The van der Waals surface area contributed by atoms with Crippen LogP contribution in [0.15, 0.2) is 42.5 Å². The number of anilines is 2. The van der Waals surface area contributed by atoms with Gasteiger partial charge in [0, 0.05) is 17.3 Å². The quantitative estimate of drug-likeness (QED) is 0.646. The Morgan fingerprint density at radius 2 is 1.69 bits per heavy atom. The third kappa shape index (κ3) is 3.66. The molecule has 0 radical (unpaired) electrons. The predicted molar refractivity (Wildman–Crippen MR) is 122 cm³/mol. The normalized spacial score (nSPS) is 22.5. The number of benzene rings is 2. The van der Waals surface area contributed by atoms with Gasteiger partial charge in [-0.05, 0) is 55.5 Å². The highest BCUT2D eigenvalue weighted by Gasteiger charge is 2.49. The smallest absolute Gasteiger partial charge is 0.264 e. The fourth-order valence-corrected chi connectivity index (χ4v) is 5.36. The molecule has 2 aliphatic heterocycles. The molecule has 2 aromatic rings. The third-order valence-electron chi connectivity index (χ3n) is 6.77. The lowest BCUT2D eigenvalue weighted by atomic mass is 9.81. The molecule has 2 atom stereocenters. The summed E-state index contributed by atoms with van der Waals surface area (Å²) in [7, 11) is 0. The number of fused-ring (bicyclic) bond motifs is 2. The van der Waals surface area contributed by atoms with Crippen LogP contribution in [0, 0.1) is 11.8 Å². The van der Waals surface area contributed by atoms with Gasteiger partial charge in [0.1, 0.15) is 5.75 Å². The van der Waals surface area contributed by atoms with Crippen molar-refractivity contribution in [2.75, 3.05) is 23.0 Å². The molecule has 2 heterocycles. The lowest BCUT2D eigenvalue weighted by Gasteiger charge is -2.29. The minimum absolute atomic E-state index is 0.161. The Morgan fingerprint density at radius 3 is 2.44 bits per heavy atom. The van der Waals surface area contributed by atoms with Gasteiger partial charge in [0.05, 0.1) is 17.5 Å². The fourth-order valence-electron chi connectivity index (χ4n) is 5.20. The van der Waals surface area contributed by atoms with E-state index < -0.39 is 0 Å². The van der Waals surface area contributed by atoms with Crippen LogP contribution < -0.4 is 14.5 Å². The van der Waals surface area contributed by atoms with Gasteiger partial charge in [-0.25, -0.2) is 4.90 Å². The van der Waals surface area contributed by atoms with Crippen LogP contribution in [0.4, 0.5) is 11.4 Å². The number of hydrogen-bond acceptors (Lipinski definition) is 4. The van der Waals surface area contributed by atoms with E-state index in [4.69, 9.17) is 16.3 Å². The molecule has 1 aliphatic carbocycles. The molecule has 0 spiro atoms. The van der Waals surface area contributed by atoms with Gasteiger partial charge < -0.3 is 9.64 Å². The predicted octanol–water partition coefficient (Wildman–Crippen LogP) is 4.38. The first-order chi connectivity index (χ1) is 15.5. The van der Waals surface area contributed by atoms with E-state index in [0.717, 1.165) is 49.8 Å². The van der Waals surface area contributed by atoms with Crippen molar-refractivity contribution in [3.05, 3.63) is 53.1 Å². The molecule has 0 aromatic heterocycles. The molecule has 1 saturated heterocycles. The van der Waals surface area contributed by atoms with Crippen LogP contribution in [0.3, 0.4) is 0 Å². The van der Waals surface area contributed by atoms with E-state index >= 15 is 0 Å². The van der Waals surface area contributed by atoms with Gasteiger partial charge in [-0.3, -0.25) is 14.4 Å². The van der Waals surface area contributed by atoms with E-state index in [2.05, 4.69) is 0 Å². The SMILES string of the molecule is O=C(COc1ccc(Cl)cc1N1C(=O)[C@H]2CCCC[C@@H]2C1=O)N1CCCc2ccccc21. The number of amides is 3. The van der Waals surface area contributed by atoms with Crippen molar-refractivity contribution in [2.24, 2.45) is 11.8 Å². The Hall–Kier alpha value is -2.86. The molecule has 166 valence electrons. The zero-order valence-corrected chi connectivity index (χ0v) is 18.5. The maximum absolute atomic E-state index is 13.1. The summed E-state index contributed by atoms with van der Waals surface area (Å²) in [6.45, 7) is 0.450. The monoisotopic (exact) mass is 452 g/mol. The van der Waals surface area contributed by atoms with Crippen LogP contribution in [0.1, 0.15) is 37.7 Å². The highest BCUT2D eigenvalue weighted by atomic mass is 35.5. The van der Waals surface area contributed by atoms with Crippen LogP contribution >= 0.6 is 11.6 Å². The molecule has 6 nitrogen and oxygen atoms in total. The molecule has 2 aromatic carbocycles. The summed E-state index contributed by atoms with van der Waals surface area (Å²) in [4.78, 5) is 42.1. The van der Waals surface area contributed by atoms with Crippen molar-refractivity contribution in [1.82, 2.24) is 0 Å². The number of aryl methyl sites for hydroxylation is 1. The maximum Gasteiger partial charge on any atom is 0.264 e. The second kappa shape index (κ2) is 8.58. The lowest BCUT2D eigenvalue weighted by Crippen LogP contribution is -2.38. The molecule has 7 heteroatoms. The van der Waals surface area contributed by atoms with Gasteiger partial charge in [-0.15, -0.1) is 0 Å². The molecule has 5 rings (SSSR count). The summed E-state index contributed by atoms with van der Waals surface area (Å²) in [6.07, 6.45) is 5.22. The lowest BCUT2D eigenvalue weighted by molar-refractivity contribution is -0.122. The summed E-state index contributed by atoms with van der Waals surface area (Å²) in [5.41, 5.74) is 2.39. The van der Waals surface area contributed by atoms with Gasteiger partial charge in [-0.2, -0.15) is 0 Å². The molecule has 3 amide bonds. The van der Waals surface area contributed by atoms with E-state index in [1.54, 1.807) is 23.1 Å². The van der Waals surface area contributed by atoms with Crippen LogP contribution in [-0.4, -0.2) is 30.9 Å². The molecular weight excluding hydrogens is 428 g/mol. The second-order valence-corrected chi connectivity index (χ2v) is 9.12. The number of rotatable bonds is 4.